The van der Waals surface area contributed by atoms with E-state index < -0.39 is 0 Å². The van der Waals surface area contributed by atoms with E-state index in [0.717, 1.165) is 28.0 Å². The van der Waals surface area contributed by atoms with Crippen LogP contribution in [0.25, 0.3) is 0 Å². The van der Waals surface area contributed by atoms with Crippen LogP contribution in [0.2, 0.25) is 0 Å². The fraction of sp³-hybridized carbons (Fsp3) is 0.600. The zero-order valence-corrected chi connectivity index (χ0v) is 11.2. The number of Topliss-reactive ketones (excluding diaryl/α,β-unsaturated/α-hetero) is 1. The Labute approximate surface area is 98.9 Å². The maximum atomic E-state index is 11.3. The number of aromatic nitrogens is 1. The Morgan fingerprint density at radius 3 is 2.73 bits per heavy atom. The molecule has 0 bridgehead atoms. The number of hydrogen-bond donors (Lipinski definition) is 0. The molecule has 15 heavy (non-hydrogen) atoms. The van der Waals surface area contributed by atoms with Crippen molar-refractivity contribution in [2.24, 2.45) is 0 Å². The topological polar surface area (TPSA) is 33.2 Å². The molecule has 0 atom stereocenters. The lowest BCUT2D eigenvalue weighted by molar-refractivity contribution is 0.102. The van der Waals surface area contributed by atoms with Crippen LogP contribution in [-0.2, 0) is 0 Å². The minimum absolute atomic E-state index is 0.106. The summed E-state index contributed by atoms with van der Waals surface area (Å²) in [6, 6.07) is 0. The van der Waals surface area contributed by atoms with Crippen LogP contribution < -0.4 is 4.90 Å². The maximum absolute atomic E-state index is 11.3. The number of anilines is 1. The van der Waals surface area contributed by atoms with Gasteiger partial charge in [-0.3, -0.25) is 4.79 Å². The van der Waals surface area contributed by atoms with Gasteiger partial charge >= 0.3 is 0 Å². The van der Waals surface area contributed by atoms with Crippen molar-refractivity contribution in [2.45, 2.75) is 13.8 Å². The van der Waals surface area contributed by atoms with E-state index in [1.165, 1.54) is 11.3 Å². The summed E-state index contributed by atoms with van der Waals surface area (Å²) in [7, 11) is 2.01. The number of hydrogen-bond acceptors (Lipinski definition) is 5. The number of thioether (sulfide) groups is 1. The van der Waals surface area contributed by atoms with Gasteiger partial charge in [0.1, 0.15) is 0 Å². The Hall–Kier alpha value is -0.550. The molecule has 84 valence electrons. The van der Waals surface area contributed by atoms with Gasteiger partial charge in [0.2, 0.25) is 0 Å². The third kappa shape index (κ3) is 3.21. The van der Waals surface area contributed by atoms with E-state index in [2.05, 4.69) is 16.1 Å². The number of carbonyl (C=O) groups is 1. The number of ketones is 1. The highest BCUT2D eigenvalue weighted by Gasteiger charge is 2.13. The van der Waals surface area contributed by atoms with Gasteiger partial charge in [0.25, 0.3) is 0 Å². The number of thiazole rings is 1. The number of carbonyl (C=O) groups excluding carboxylic acids is 1. The van der Waals surface area contributed by atoms with Gasteiger partial charge < -0.3 is 4.90 Å². The molecule has 1 aromatic heterocycles. The fourth-order valence-corrected chi connectivity index (χ4v) is 2.60. The van der Waals surface area contributed by atoms with Crippen LogP contribution in [0.15, 0.2) is 0 Å². The summed E-state index contributed by atoms with van der Waals surface area (Å²) < 4.78 is 0. The quantitative estimate of drug-likeness (QED) is 0.745. The monoisotopic (exact) mass is 244 g/mol. The summed E-state index contributed by atoms with van der Waals surface area (Å²) in [5.74, 6) is 1.18. The van der Waals surface area contributed by atoms with Gasteiger partial charge in [-0.25, -0.2) is 4.98 Å². The first-order valence-corrected chi connectivity index (χ1v) is 6.95. The molecule has 3 nitrogen and oxygen atoms in total. The van der Waals surface area contributed by atoms with Gasteiger partial charge in [-0.1, -0.05) is 11.3 Å². The van der Waals surface area contributed by atoms with E-state index in [-0.39, 0.29) is 5.78 Å². The molecule has 1 rings (SSSR count). The minimum atomic E-state index is 0.106. The van der Waals surface area contributed by atoms with Gasteiger partial charge in [0.15, 0.2) is 10.9 Å². The number of aryl methyl sites for hydroxylation is 1. The molecule has 0 unspecified atom stereocenters. The van der Waals surface area contributed by atoms with Crippen molar-refractivity contribution in [3.05, 3.63) is 10.6 Å². The van der Waals surface area contributed by atoms with Crippen molar-refractivity contribution < 1.29 is 4.79 Å². The molecule has 0 spiro atoms. The second kappa shape index (κ2) is 5.51. The lowest BCUT2D eigenvalue weighted by Gasteiger charge is -2.14. The highest BCUT2D eigenvalue weighted by atomic mass is 32.2. The second-order valence-electron chi connectivity index (χ2n) is 3.38. The smallest absolute Gasteiger partial charge is 0.185 e. The lowest BCUT2D eigenvalue weighted by atomic mass is 10.3. The van der Waals surface area contributed by atoms with Gasteiger partial charge in [-0.15, -0.1) is 0 Å². The van der Waals surface area contributed by atoms with Crippen molar-refractivity contribution in [1.82, 2.24) is 4.98 Å². The Morgan fingerprint density at radius 1 is 1.60 bits per heavy atom. The van der Waals surface area contributed by atoms with Gasteiger partial charge in [-0.05, 0) is 13.2 Å². The van der Waals surface area contributed by atoms with Crippen LogP contribution in [0.3, 0.4) is 0 Å². The SMILES string of the molecule is CSCCN(C)c1nc(C)c(C(C)=O)s1. The van der Waals surface area contributed by atoms with E-state index in [0.29, 0.717) is 0 Å². The summed E-state index contributed by atoms with van der Waals surface area (Å²) in [6.07, 6.45) is 2.09. The molecule has 0 fully saturated rings. The molecule has 5 heteroatoms. The van der Waals surface area contributed by atoms with E-state index in [1.54, 1.807) is 6.92 Å². The van der Waals surface area contributed by atoms with Crippen molar-refractivity contribution >= 4 is 34.0 Å². The van der Waals surface area contributed by atoms with Crippen LogP contribution >= 0.6 is 23.1 Å². The zero-order valence-electron chi connectivity index (χ0n) is 9.53. The first kappa shape index (κ1) is 12.5. The predicted molar refractivity (Wildman–Crippen MR) is 68.5 cm³/mol. The van der Waals surface area contributed by atoms with Crippen molar-refractivity contribution in [2.75, 3.05) is 30.5 Å². The molecule has 0 aliphatic heterocycles. The summed E-state index contributed by atoms with van der Waals surface area (Å²) >= 11 is 3.29. The molecule has 0 N–H and O–H groups in total. The average Bonchev–Trinajstić information content (AvgIpc) is 2.56. The van der Waals surface area contributed by atoms with Gasteiger partial charge in [0, 0.05) is 26.3 Å². The summed E-state index contributed by atoms with van der Waals surface area (Å²) in [5, 5.41) is 0.937. The van der Waals surface area contributed by atoms with E-state index in [4.69, 9.17) is 0 Å². The average molecular weight is 244 g/mol. The molecule has 0 aliphatic rings. The predicted octanol–water partition coefficient (Wildman–Crippen LogP) is 2.45. The third-order valence-corrected chi connectivity index (χ3v) is 4.03. The van der Waals surface area contributed by atoms with Crippen molar-refractivity contribution in [3.63, 3.8) is 0 Å². The van der Waals surface area contributed by atoms with E-state index >= 15 is 0 Å². The lowest BCUT2D eigenvalue weighted by Crippen LogP contribution is -2.19. The number of rotatable bonds is 5. The molecule has 1 heterocycles. The molecule has 0 aliphatic carbocycles. The molecule has 0 amide bonds. The normalized spacial score (nSPS) is 10.4. The first-order valence-electron chi connectivity index (χ1n) is 4.74. The fourth-order valence-electron chi connectivity index (χ4n) is 1.20. The Morgan fingerprint density at radius 2 is 2.27 bits per heavy atom. The molecular weight excluding hydrogens is 228 g/mol. The molecule has 1 aromatic rings. The summed E-state index contributed by atoms with van der Waals surface area (Å²) in [5.41, 5.74) is 0.846. The molecule has 0 aromatic carbocycles. The summed E-state index contributed by atoms with van der Waals surface area (Å²) in [4.78, 5) is 18.5. The van der Waals surface area contributed by atoms with E-state index in [1.807, 2.05) is 25.7 Å². The van der Waals surface area contributed by atoms with Crippen molar-refractivity contribution in [3.8, 4) is 0 Å². The molecular formula is C10H16N2OS2. The van der Waals surface area contributed by atoms with Crippen LogP contribution in [0.5, 0.6) is 0 Å². The van der Waals surface area contributed by atoms with Gasteiger partial charge in [0.05, 0.1) is 10.6 Å². The zero-order chi connectivity index (χ0) is 11.4. The van der Waals surface area contributed by atoms with Crippen LogP contribution in [0, 0.1) is 6.92 Å². The highest BCUT2D eigenvalue weighted by Crippen LogP contribution is 2.25. The van der Waals surface area contributed by atoms with Crippen LogP contribution in [-0.4, -0.2) is 36.4 Å². The Kier molecular flexibility index (Phi) is 4.60. The second-order valence-corrected chi connectivity index (χ2v) is 5.34. The first-order chi connectivity index (χ1) is 7.06. The maximum Gasteiger partial charge on any atom is 0.185 e. The highest BCUT2D eigenvalue weighted by molar-refractivity contribution is 7.98. The molecule has 0 radical (unpaired) electrons. The number of nitrogens with zero attached hydrogens (tertiary/aromatic N) is 2. The summed E-state index contributed by atoms with van der Waals surface area (Å²) in [6.45, 7) is 4.44. The van der Waals surface area contributed by atoms with Crippen LogP contribution in [0.1, 0.15) is 22.3 Å². The van der Waals surface area contributed by atoms with Crippen LogP contribution in [0.4, 0.5) is 5.13 Å². The Bertz CT molecular complexity index is 349. The van der Waals surface area contributed by atoms with Gasteiger partial charge in [-0.2, -0.15) is 11.8 Å². The minimum Gasteiger partial charge on any atom is -0.350 e. The molecule has 0 saturated heterocycles. The van der Waals surface area contributed by atoms with Crippen molar-refractivity contribution in [1.29, 1.82) is 0 Å². The largest absolute Gasteiger partial charge is 0.350 e. The molecule has 0 saturated carbocycles. The Balaban J connectivity index is 2.78. The van der Waals surface area contributed by atoms with E-state index in [9.17, 15) is 4.79 Å². The third-order valence-electron chi connectivity index (χ3n) is 2.06. The standard InChI is InChI=1S/C10H16N2OS2/c1-7-9(8(2)13)15-10(11-7)12(3)5-6-14-4/h5-6H2,1-4H3.